The lowest BCUT2D eigenvalue weighted by Crippen LogP contribution is -2.44. The van der Waals surface area contributed by atoms with Gasteiger partial charge < -0.3 is 15.5 Å². The number of benzene rings is 1. The van der Waals surface area contributed by atoms with Crippen LogP contribution >= 0.6 is 0 Å². The number of hydrogen-bond donors (Lipinski definition) is 1. The van der Waals surface area contributed by atoms with Crippen molar-refractivity contribution in [1.82, 2.24) is 14.5 Å². The van der Waals surface area contributed by atoms with Gasteiger partial charge in [-0.05, 0) is 30.8 Å². The first-order valence-electron chi connectivity index (χ1n) is 9.94. The molecule has 0 spiro atoms. The van der Waals surface area contributed by atoms with E-state index in [2.05, 4.69) is 57.3 Å². The van der Waals surface area contributed by atoms with Gasteiger partial charge in [0, 0.05) is 74.2 Å². The van der Waals surface area contributed by atoms with E-state index < -0.39 is 0 Å². The number of piperazine rings is 1. The Bertz CT molecular complexity index is 1140. The van der Waals surface area contributed by atoms with Gasteiger partial charge in [0.15, 0.2) is 0 Å². The van der Waals surface area contributed by atoms with Crippen LogP contribution in [0.15, 0.2) is 53.9 Å². The standard InChI is InChI=1S/C23H25N7/c1-26-14-19(12-24)18-11-22(23-20(13-25)15-27-30(23)16-18)17-3-5-21(6-4-17)29-9-7-28(2)8-10-29/h3-6,11-12,14-16H,7-10,24H2,1-2H3. The molecule has 7 nitrogen and oxygen atoms in total. The van der Waals surface area contributed by atoms with E-state index in [9.17, 15) is 5.26 Å². The molecule has 1 aliphatic heterocycles. The summed E-state index contributed by atoms with van der Waals surface area (Å²) < 4.78 is 1.74. The Kier molecular flexibility index (Phi) is 5.50. The van der Waals surface area contributed by atoms with Crippen molar-refractivity contribution >= 4 is 23.0 Å². The Morgan fingerprint density at radius 1 is 1.20 bits per heavy atom. The molecule has 0 atom stereocenters. The fourth-order valence-corrected chi connectivity index (χ4v) is 3.85. The van der Waals surface area contributed by atoms with Gasteiger partial charge in [0.1, 0.15) is 6.07 Å². The lowest BCUT2D eigenvalue weighted by atomic mass is 9.99. The van der Waals surface area contributed by atoms with Crippen molar-refractivity contribution in [1.29, 1.82) is 5.26 Å². The highest BCUT2D eigenvalue weighted by Crippen LogP contribution is 2.31. The van der Waals surface area contributed by atoms with E-state index in [0.29, 0.717) is 5.56 Å². The van der Waals surface area contributed by atoms with E-state index in [4.69, 9.17) is 5.73 Å². The number of anilines is 1. The number of rotatable bonds is 4. The van der Waals surface area contributed by atoms with E-state index in [1.165, 1.54) is 11.9 Å². The monoisotopic (exact) mass is 399 g/mol. The molecule has 0 saturated carbocycles. The number of fused-ring (bicyclic) bond motifs is 1. The molecule has 0 aliphatic carbocycles. The van der Waals surface area contributed by atoms with E-state index in [1.54, 1.807) is 24.0 Å². The maximum atomic E-state index is 9.57. The van der Waals surface area contributed by atoms with Crippen LogP contribution in [0, 0.1) is 11.3 Å². The quantitative estimate of drug-likeness (QED) is 0.682. The van der Waals surface area contributed by atoms with Gasteiger partial charge in [0.25, 0.3) is 0 Å². The number of aromatic nitrogens is 2. The number of pyridine rings is 1. The van der Waals surface area contributed by atoms with Crippen molar-refractivity contribution in [2.24, 2.45) is 10.7 Å². The minimum Gasteiger partial charge on any atom is -0.404 e. The zero-order valence-corrected chi connectivity index (χ0v) is 17.3. The number of nitrogens with two attached hydrogens (primary N) is 1. The Morgan fingerprint density at radius 2 is 1.93 bits per heavy atom. The molecule has 1 saturated heterocycles. The van der Waals surface area contributed by atoms with Gasteiger partial charge in [-0.15, -0.1) is 0 Å². The molecular weight excluding hydrogens is 374 g/mol. The van der Waals surface area contributed by atoms with Crippen molar-refractivity contribution < 1.29 is 0 Å². The molecule has 3 heterocycles. The van der Waals surface area contributed by atoms with Crippen LogP contribution in [-0.2, 0) is 0 Å². The zero-order chi connectivity index (χ0) is 21.1. The number of nitriles is 1. The number of likely N-dealkylation sites (N-methyl/N-ethyl adjacent to an activating group) is 1. The maximum Gasteiger partial charge on any atom is 0.103 e. The molecule has 0 amide bonds. The third-order valence-corrected chi connectivity index (χ3v) is 5.56. The Labute approximate surface area is 176 Å². The minimum atomic E-state index is 0.544. The number of nitrogens with zero attached hydrogens (tertiary/aromatic N) is 6. The molecule has 0 bridgehead atoms. The second-order valence-electron chi connectivity index (χ2n) is 7.45. The summed E-state index contributed by atoms with van der Waals surface area (Å²) in [6, 6.07) is 12.8. The van der Waals surface area contributed by atoms with Crippen molar-refractivity contribution in [3.05, 3.63) is 60.1 Å². The molecule has 152 valence electrons. The van der Waals surface area contributed by atoms with Crippen LogP contribution in [0.4, 0.5) is 5.69 Å². The average Bonchev–Trinajstić information content (AvgIpc) is 3.20. The Hall–Kier alpha value is -3.63. The summed E-state index contributed by atoms with van der Waals surface area (Å²) in [4.78, 5) is 8.84. The van der Waals surface area contributed by atoms with Crippen molar-refractivity contribution in [2.45, 2.75) is 0 Å². The average molecular weight is 400 g/mol. The van der Waals surface area contributed by atoms with Crippen LogP contribution in [-0.4, -0.2) is 61.0 Å². The second kappa shape index (κ2) is 8.39. The highest BCUT2D eigenvalue weighted by Gasteiger charge is 2.16. The molecule has 4 rings (SSSR count). The SMILES string of the molecule is CN=CC(=CN)c1cc(-c2ccc(N3CCN(C)CC3)cc2)c2c(C#N)cnn2c1. The highest BCUT2D eigenvalue weighted by molar-refractivity contribution is 6.10. The molecule has 1 aliphatic rings. The molecule has 0 radical (unpaired) electrons. The summed E-state index contributed by atoms with van der Waals surface area (Å²) in [5.74, 6) is 0. The van der Waals surface area contributed by atoms with Gasteiger partial charge in [0.2, 0.25) is 0 Å². The van der Waals surface area contributed by atoms with Gasteiger partial charge in [-0.2, -0.15) is 10.4 Å². The maximum absolute atomic E-state index is 9.57. The van der Waals surface area contributed by atoms with Crippen LogP contribution < -0.4 is 10.6 Å². The largest absolute Gasteiger partial charge is 0.404 e. The zero-order valence-electron chi connectivity index (χ0n) is 17.3. The van der Waals surface area contributed by atoms with Crippen molar-refractivity contribution in [3.63, 3.8) is 0 Å². The first-order valence-corrected chi connectivity index (χ1v) is 9.94. The molecule has 7 heteroatoms. The number of aliphatic imine (C=N–C) groups is 1. The fourth-order valence-electron chi connectivity index (χ4n) is 3.85. The number of hydrogen-bond acceptors (Lipinski definition) is 6. The Balaban J connectivity index is 1.79. The van der Waals surface area contributed by atoms with Gasteiger partial charge in [-0.25, -0.2) is 4.52 Å². The van der Waals surface area contributed by atoms with Gasteiger partial charge in [0.05, 0.1) is 17.3 Å². The van der Waals surface area contributed by atoms with Crippen molar-refractivity contribution in [2.75, 3.05) is 45.2 Å². The summed E-state index contributed by atoms with van der Waals surface area (Å²) in [5.41, 5.74) is 12.0. The predicted octanol–water partition coefficient (Wildman–Crippen LogP) is 2.62. The summed E-state index contributed by atoms with van der Waals surface area (Å²) in [6.45, 7) is 4.19. The molecule has 30 heavy (non-hydrogen) atoms. The first kappa shape index (κ1) is 19.7. The van der Waals surface area contributed by atoms with Gasteiger partial charge in [-0.3, -0.25) is 4.99 Å². The van der Waals surface area contributed by atoms with Crippen LogP contribution in [0.25, 0.3) is 22.2 Å². The van der Waals surface area contributed by atoms with E-state index in [-0.39, 0.29) is 0 Å². The van der Waals surface area contributed by atoms with E-state index in [0.717, 1.165) is 54.0 Å². The van der Waals surface area contributed by atoms with Crippen LogP contribution in [0.2, 0.25) is 0 Å². The van der Waals surface area contributed by atoms with Gasteiger partial charge >= 0.3 is 0 Å². The predicted molar refractivity (Wildman–Crippen MR) is 122 cm³/mol. The topological polar surface area (TPSA) is 86.0 Å². The van der Waals surface area contributed by atoms with Crippen LogP contribution in [0.1, 0.15) is 11.1 Å². The molecule has 2 N–H and O–H groups in total. The summed E-state index contributed by atoms with van der Waals surface area (Å²) >= 11 is 0. The Morgan fingerprint density at radius 3 is 2.57 bits per heavy atom. The molecule has 1 fully saturated rings. The minimum absolute atomic E-state index is 0.544. The summed E-state index contributed by atoms with van der Waals surface area (Å²) in [6.07, 6.45) is 6.72. The van der Waals surface area contributed by atoms with Crippen LogP contribution in [0.5, 0.6) is 0 Å². The molecule has 0 unspecified atom stereocenters. The van der Waals surface area contributed by atoms with Crippen LogP contribution in [0.3, 0.4) is 0 Å². The summed E-state index contributed by atoms with van der Waals surface area (Å²) in [5, 5.41) is 14.0. The second-order valence-corrected chi connectivity index (χ2v) is 7.45. The lowest BCUT2D eigenvalue weighted by molar-refractivity contribution is 0.313. The van der Waals surface area contributed by atoms with E-state index in [1.807, 2.05) is 12.3 Å². The third-order valence-electron chi connectivity index (χ3n) is 5.56. The number of allylic oxidation sites excluding steroid dienone is 1. The molecular formula is C23H25N7. The molecule has 3 aromatic rings. The lowest BCUT2D eigenvalue weighted by Gasteiger charge is -2.34. The van der Waals surface area contributed by atoms with E-state index >= 15 is 0 Å². The highest BCUT2D eigenvalue weighted by atomic mass is 15.2. The van der Waals surface area contributed by atoms with Gasteiger partial charge in [-0.1, -0.05) is 12.1 Å². The molecule has 2 aromatic heterocycles. The first-order chi connectivity index (χ1) is 14.6. The van der Waals surface area contributed by atoms with Crippen molar-refractivity contribution in [3.8, 4) is 17.2 Å². The smallest absolute Gasteiger partial charge is 0.103 e. The third kappa shape index (κ3) is 3.65. The molecule has 1 aromatic carbocycles. The fraction of sp³-hybridized carbons (Fsp3) is 0.261. The summed E-state index contributed by atoms with van der Waals surface area (Å²) in [7, 11) is 3.87. The normalized spacial score (nSPS) is 15.8.